The molecule has 218 valence electrons. The average molecular weight is 552 g/mol. The molecule has 1 aliphatic heterocycles. The number of carbonyl (C=O) groups is 2. The van der Waals surface area contributed by atoms with E-state index in [9.17, 15) is 14.7 Å². The zero-order chi connectivity index (χ0) is 28.9. The van der Waals surface area contributed by atoms with E-state index < -0.39 is 18.2 Å². The maximum absolute atomic E-state index is 13.7. The highest BCUT2D eigenvalue weighted by Crippen LogP contribution is 2.24. The molecule has 0 aromatic heterocycles. The number of likely N-dealkylation sites (N-methyl/N-ethyl adjacent to an activating group) is 1. The van der Waals surface area contributed by atoms with E-state index in [1.807, 2.05) is 67.6 Å². The number of aliphatic hydroxyl groups is 1. The monoisotopic (exact) mass is 551 g/mol. The first-order valence-corrected chi connectivity index (χ1v) is 14.3. The van der Waals surface area contributed by atoms with Crippen LogP contribution in [-0.4, -0.2) is 67.3 Å². The molecular formula is C32H45N3O5. The summed E-state index contributed by atoms with van der Waals surface area (Å²) in [4.78, 5) is 28.5. The van der Waals surface area contributed by atoms with Crippen LogP contribution in [0.15, 0.2) is 60.7 Å². The summed E-state index contributed by atoms with van der Waals surface area (Å²) in [5.41, 5.74) is 1.91. The Hall–Kier alpha value is -3.36. The molecule has 0 bridgehead atoms. The minimum atomic E-state index is -0.870. The molecule has 0 saturated heterocycles. The largest absolute Gasteiger partial charge is 0.497 e. The highest BCUT2D eigenvalue weighted by atomic mass is 16.5. The summed E-state index contributed by atoms with van der Waals surface area (Å²) in [5.74, 6) is 0.917. The molecule has 0 unspecified atom stereocenters. The van der Waals surface area contributed by atoms with Crippen molar-refractivity contribution >= 4 is 11.8 Å². The molecule has 0 fully saturated rings. The van der Waals surface area contributed by atoms with Gasteiger partial charge in [0.2, 0.25) is 11.8 Å². The molecule has 8 nitrogen and oxygen atoms in total. The molecule has 3 N–H and O–H groups in total. The molecule has 40 heavy (non-hydrogen) atoms. The fourth-order valence-corrected chi connectivity index (χ4v) is 4.90. The van der Waals surface area contributed by atoms with Gasteiger partial charge in [-0.15, -0.1) is 0 Å². The first kappa shape index (κ1) is 31.2. The Labute approximate surface area is 238 Å². The fourth-order valence-electron chi connectivity index (χ4n) is 4.90. The smallest absolute Gasteiger partial charge is 0.243 e. The summed E-state index contributed by atoms with van der Waals surface area (Å²) in [6, 6.07) is 14.1. The van der Waals surface area contributed by atoms with Crippen molar-refractivity contribution in [1.29, 1.82) is 0 Å². The van der Waals surface area contributed by atoms with E-state index in [1.54, 1.807) is 19.1 Å². The van der Waals surface area contributed by atoms with Gasteiger partial charge in [-0.2, -0.15) is 0 Å². The number of hydrogen-bond acceptors (Lipinski definition) is 6. The fraction of sp³-hybridized carbons (Fsp3) is 0.500. The number of rotatable bonds is 8. The molecule has 0 saturated carbocycles. The molecule has 0 radical (unpaired) electrons. The van der Waals surface area contributed by atoms with Gasteiger partial charge in [-0.3, -0.25) is 9.59 Å². The van der Waals surface area contributed by atoms with E-state index in [1.165, 1.54) is 0 Å². The lowest BCUT2D eigenvalue weighted by Gasteiger charge is -2.32. The third kappa shape index (κ3) is 9.10. The van der Waals surface area contributed by atoms with Crippen molar-refractivity contribution < 1.29 is 24.2 Å². The number of benzene rings is 2. The summed E-state index contributed by atoms with van der Waals surface area (Å²) < 4.78 is 11.4. The molecule has 0 spiro atoms. The number of nitrogens with one attached hydrogen (secondary N) is 2. The van der Waals surface area contributed by atoms with Crippen molar-refractivity contribution in [3.63, 3.8) is 0 Å². The number of amides is 2. The van der Waals surface area contributed by atoms with Crippen LogP contribution < -0.4 is 20.1 Å². The predicted octanol–water partition coefficient (Wildman–Crippen LogP) is 3.87. The van der Waals surface area contributed by atoms with Crippen molar-refractivity contribution in [2.75, 3.05) is 27.3 Å². The Kier molecular flexibility index (Phi) is 12.5. The zero-order valence-corrected chi connectivity index (χ0v) is 24.3. The minimum Gasteiger partial charge on any atom is -0.497 e. The van der Waals surface area contributed by atoms with Crippen LogP contribution in [0.1, 0.15) is 50.7 Å². The first-order chi connectivity index (χ1) is 19.3. The van der Waals surface area contributed by atoms with E-state index in [0.717, 1.165) is 36.1 Å². The second kappa shape index (κ2) is 16.0. The molecule has 4 atom stereocenters. The van der Waals surface area contributed by atoms with Crippen molar-refractivity contribution in [1.82, 2.24) is 15.5 Å². The summed E-state index contributed by atoms with van der Waals surface area (Å²) in [5, 5.41) is 17.6. The molecule has 0 aliphatic carbocycles. The summed E-state index contributed by atoms with van der Waals surface area (Å²) in [6.07, 6.45) is 6.42. The van der Waals surface area contributed by atoms with Crippen LogP contribution in [0.3, 0.4) is 0 Å². The number of ether oxygens (including phenoxy) is 2. The van der Waals surface area contributed by atoms with Crippen molar-refractivity contribution in [3.8, 4) is 11.5 Å². The quantitative estimate of drug-likeness (QED) is 0.431. The van der Waals surface area contributed by atoms with Gasteiger partial charge in [-0.25, -0.2) is 0 Å². The molecule has 2 aromatic rings. The first-order valence-electron chi connectivity index (χ1n) is 14.3. The van der Waals surface area contributed by atoms with Crippen LogP contribution in [0.4, 0.5) is 0 Å². The number of β-amino-alcohol motifs (C(OH)–C–C–N with tert-alkyl or cyclic N) is 1. The Bertz CT molecular complexity index is 1110. The van der Waals surface area contributed by atoms with Gasteiger partial charge in [0.05, 0.1) is 19.3 Å². The van der Waals surface area contributed by atoms with Crippen molar-refractivity contribution in [2.45, 2.75) is 70.7 Å². The lowest BCUT2D eigenvalue weighted by molar-refractivity contribution is -0.142. The van der Waals surface area contributed by atoms with Gasteiger partial charge in [0.25, 0.3) is 0 Å². The van der Waals surface area contributed by atoms with E-state index in [4.69, 9.17) is 9.47 Å². The third-order valence-electron chi connectivity index (χ3n) is 7.42. The van der Waals surface area contributed by atoms with Crippen LogP contribution in [0, 0.1) is 5.92 Å². The number of carbonyl (C=O) groups excluding carboxylic acids is 2. The standard InChI is InChI=1S/C32H45N3O5/c1-5-6-12-23(2)32(38)35(3)28-15-10-11-18-40-30-17-16-26(39-4)20-25(30)21-33-22-29(36)27(34-31(28)37)19-24-13-8-7-9-14-24/h7-11,13-14,16-17,20,23,27-29,33,36H,5-6,12,15,18-19,21-22H2,1-4H3,(H,34,37)/t23-,27-,28-,29+/m0/s1. The van der Waals surface area contributed by atoms with Gasteiger partial charge < -0.3 is 30.1 Å². The number of hydrogen-bond donors (Lipinski definition) is 3. The molecule has 1 aliphatic rings. The van der Waals surface area contributed by atoms with E-state index in [-0.39, 0.29) is 24.3 Å². The van der Waals surface area contributed by atoms with Crippen LogP contribution in [0.25, 0.3) is 0 Å². The van der Waals surface area contributed by atoms with E-state index in [2.05, 4.69) is 17.6 Å². The van der Waals surface area contributed by atoms with Gasteiger partial charge in [0.15, 0.2) is 0 Å². The lowest BCUT2D eigenvalue weighted by atomic mass is 9.99. The molecule has 2 aromatic carbocycles. The Balaban J connectivity index is 1.89. The Morgan fingerprint density at radius 3 is 2.70 bits per heavy atom. The topological polar surface area (TPSA) is 100 Å². The van der Waals surface area contributed by atoms with Crippen LogP contribution in [0.5, 0.6) is 11.5 Å². The van der Waals surface area contributed by atoms with Crippen LogP contribution in [0.2, 0.25) is 0 Å². The van der Waals surface area contributed by atoms with E-state index in [0.29, 0.717) is 31.7 Å². The van der Waals surface area contributed by atoms with Gasteiger partial charge in [0, 0.05) is 31.6 Å². The number of nitrogens with zero attached hydrogens (tertiary/aromatic N) is 1. The number of unbranched alkanes of at least 4 members (excludes halogenated alkanes) is 1. The van der Waals surface area contributed by atoms with Crippen LogP contribution >= 0.6 is 0 Å². The number of aliphatic hydroxyl groups excluding tert-OH is 1. The average Bonchev–Trinajstić information content (AvgIpc) is 2.97. The van der Waals surface area contributed by atoms with Gasteiger partial charge in [-0.1, -0.05) is 69.2 Å². The molecule has 3 rings (SSSR count). The molecule has 1 heterocycles. The minimum absolute atomic E-state index is 0.0548. The van der Waals surface area contributed by atoms with Crippen molar-refractivity contribution in [2.24, 2.45) is 5.92 Å². The SMILES string of the molecule is CCCC[C@H](C)C(=O)N(C)[C@H]1CC=CCOc2ccc(OC)cc2CNC[C@@H](O)[C@H](Cc2ccccc2)NC1=O. The number of methoxy groups -OCH3 is 1. The molecule has 2 amide bonds. The highest BCUT2D eigenvalue weighted by Gasteiger charge is 2.31. The Morgan fingerprint density at radius 1 is 1.20 bits per heavy atom. The summed E-state index contributed by atoms with van der Waals surface area (Å²) in [7, 11) is 3.32. The molecular weight excluding hydrogens is 506 g/mol. The molecule has 8 heteroatoms. The zero-order valence-electron chi connectivity index (χ0n) is 24.3. The number of fused-ring (bicyclic) bond motifs is 1. The van der Waals surface area contributed by atoms with Gasteiger partial charge in [0.1, 0.15) is 24.1 Å². The second-order valence-corrected chi connectivity index (χ2v) is 10.5. The Morgan fingerprint density at radius 2 is 1.98 bits per heavy atom. The third-order valence-corrected chi connectivity index (χ3v) is 7.42. The predicted molar refractivity (Wildman–Crippen MR) is 157 cm³/mol. The maximum Gasteiger partial charge on any atom is 0.243 e. The second-order valence-electron chi connectivity index (χ2n) is 10.5. The van der Waals surface area contributed by atoms with Crippen LogP contribution in [-0.2, 0) is 22.6 Å². The normalized spacial score (nSPS) is 21.1. The summed E-state index contributed by atoms with van der Waals surface area (Å²) in [6.45, 7) is 5.04. The highest BCUT2D eigenvalue weighted by molar-refractivity contribution is 5.88. The van der Waals surface area contributed by atoms with Crippen molar-refractivity contribution in [3.05, 3.63) is 71.8 Å². The van der Waals surface area contributed by atoms with Gasteiger partial charge in [-0.05, 0) is 43.0 Å². The van der Waals surface area contributed by atoms with E-state index >= 15 is 0 Å². The van der Waals surface area contributed by atoms with Gasteiger partial charge >= 0.3 is 0 Å². The summed E-state index contributed by atoms with van der Waals surface area (Å²) >= 11 is 0. The maximum atomic E-state index is 13.7. The lowest BCUT2D eigenvalue weighted by Crippen LogP contribution is -2.55.